The quantitative estimate of drug-likeness (QED) is 0.836. The maximum Gasteiger partial charge on any atom is 0.246 e. The molecule has 0 aliphatic carbocycles. The zero-order valence-corrected chi connectivity index (χ0v) is 14.2. The number of halogens is 1. The Morgan fingerprint density at radius 2 is 2.14 bits per heavy atom. The lowest BCUT2D eigenvalue weighted by atomic mass is 10.2. The predicted molar refractivity (Wildman–Crippen MR) is 84.0 cm³/mol. The Balaban J connectivity index is 2.33. The molecule has 0 bridgehead atoms. The van der Waals surface area contributed by atoms with Crippen LogP contribution in [0.3, 0.4) is 0 Å². The van der Waals surface area contributed by atoms with E-state index in [4.69, 9.17) is 5.73 Å². The van der Waals surface area contributed by atoms with E-state index in [2.05, 4.69) is 26.1 Å². The standard InChI is InChI=1S/C13H17BrN4O2S/c1-9-13(12(7-15)17-16-9)21(19,20)18(2)8-10-4-3-5-11(14)6-10/h3-6H,7-8,15H2,1-2H3,(H,16,17). The first-order valence-electron chi connectivity index (χ1n) is 6.31. The van der Waals surface area contributed by atoms with Gasteiger partial charge in [0.25, 0.3) is 0 Å². The van der Waals surface area contributed by atoms with Gasteiger partial charge in [0, 0.05) is 24.6 Å². The first-order valence-corrected chi connectivity index (χ1v) is 8.54. The molecule has 6 nitrogen and oxygen atoms in total. The van der Waals surface area contributed by atoms with Crippen molar-refractivity contribution in [3.8, 4) is 0 Å². The van der Waals surface area contributed by atoms with E-state index in [0.717, 1.165) is 10.0 Å². The molecule has 1 aromatic heterocycles. The van der Waals surface area contributed by atoms with Gasteiger partial charge in [0.15, 0.2) is 0 Å². The van der Waals surface area contributed by atoms with Gasteiger partial charge in [-0.3, -0.25) is 5.10 Å². The minimum atomic E-state index is -3.64. The van der Waals surface area contributed by atoms with Crippen molar-refractivity contribution < 1.29 is 8.42 Å². The second-order valence-electron chi connectivity index (χ2n) is 4.72. The summed E-state index contributed by atoms with van der Waals surface area (Å²) in [5, 5.41) is 6.62. The smallest absolute Gasteiger partial charge is 0.246 e. The van der Waals surface area contributed by atoms with Gasteiger partial charge in [0.1, 0.15) is 4.90 Å². The van der Waals surface area contributed by atoms with Crippen LogP contribution in [0.2, 0.25) is 0 Å². The highest BCUT2D eigenvalue weighted by Gasteiger charge is 2.28. The largest absolute Gasteiger partial charge is 0.325 e. The topological polar surface area (TPSA) is 92.1 Å². The fraction of sp³-hybridized carbons (Fsp3) is 0.308. The Hall–Kier alpha value is -1.22. The fourth-order valence-electron chi connectivity index (χ4n) is 2.08. The van der Waals surface area contributed by atoms with E-state index in [0.29, 0.717) is 11.4 Å². The number of H-pyrrole nitrogens is 1. The number of nitrogens with zero attached hydrogens (tertiary/aromatic N) is 2. The van der Waals surface area contributed by atoms with E-state index in [1.54, 1.807) is 14.0 Å². The van der Waals surface area contributed by atoms with Crippen LogP contribution in [-0.2, 0) is 23.1 Å². The molecule has 1 aromatic carbocycles. The van der Waals surface area contributed by atoms with Gasteiger partial charge in [-0.15, -0.1) is 0 Å². The number of rotatable bonds is 5. The number of hydrogen-bond acceptors (Lipinski definition) is 4. The summed E-state index contributed by atoms with van der Waals surface area (Å²) in [5.74, 6) is 0. The number of sulfonamides is 1. The normalized spacial score (nSPS) is 12.0. The highest BCUT2D eigenvalue weighted by Crippen LogP contribution is 2.23. The molecule has 8 heteroatoms. The van der Waals surface area contributed by atoms with Crippen molar-refractivity contribution >= 4 is 26.0 Å². The molecule has 0 atom stereocenters. The van der Waals surface area contributed by atoms with Crippen molar-refractivity contribution in [1.29, 1.82) is 0 Å². The Morgan fingerprint density at radius 1 is 1.43 bits per heavy atom. The predicted octanol–water partition coefficient (Wildman–Crippen LogP) is 1.76. The van der Waals surface area contributed by atoms with E-state index < -0.39 is 10.0 Å². The number of aryl methyl sites for hydroxylation is 1. The number of benzene rings is 1. The Bertz CT molecular complexity index is 742. The summed E-state index contributed by atoms with van der Waals surface area (Å²) in [5.41, 5.74) is 7.31. The number of nitrogens with two attached hydrogens (primary N) is 1. The summed E-state index contributed by atoms with van der Waals surface area (Å²) in [6.45, 7) is 2.02. The van der Waals surface area contributed by atoms with E-state index >= 15 is 0 Å². The average molecular weight is 373 g/mol. The van der Waals surface area contributed by atoms with Gasteiger partial charge in [0.05, 0.1) is 11.4 Å². The van der Waals surface area contributed by atoms with Crippen LogP contribution in [0.25, 0.3) is 0 Å². The average Bonchev–Trinajstić information content (AvgIpc) is 2.80. The highest BCUT2D eigenvalue weighted by molar-refractivity contribution is 9.10. The van der Waals surface area contributed by atoms with Gasteiger partial charge in [-0.25, -0.2) is 8.42 Å². The second kappa shape index (κ2) is 6.27. The molecule has 0 spiro atoms. The number of hydrogen-bond donors (Lipinski definition) is 2. The summed E-state index contributed by atoms with van der Waals surface area (Å²) >= 11 is 3.38. The lowest BCUT2D eigenvalue weighted by Crippen LogP contribution is -2.28. The van der Waals surface area contributed by atoms with E-state index in [9.17, 15) is 8.42 Å². The summed E-state index contributed by atoms with van der Waals surface area (Å²) in [4.78, 5) is 0.169. The van der Waals surface area contributed by atoms with Crippen LogP contribution in [0.1, 0.15) is 17.0 Å². The monoisotopic (exact) mass is 372 g/mol. The van der Waals surface area contributed by atoms with Crippen LogP contribution in [0.15, 0.2) is 33.6 Å². The van der Waals surface area contributed by atoms with Crippen molar-refractivity contribution in [3.63, 3.8) is 0 Å². The maximum atomic E-state index is 12.7. The van der Waals surface area contributed by atoms with Crippen molar-refractivity contribution in [1.82, 2.24) is 14.5 Å². The first-order chi connectivity index (χ1) is 9.86. The lowest BCUT2D eigenvalue weighted by Gasteiger charge is -2.17. The zero-order valence-electron chi connectivity index (χ0n) is 11.8. The molecule has 0 saturated carbocycles. The molecule has 0 saturated heterocycles. The van der Waals surface area contributed by atoms with Crippen LogP contribution in [0, 0.1) is 6.92 Å². The molecule has 114 valence electrons. The molecule has 2 rings (SSSR count). The lowest BCUT2D eigenvalue weighted by molar-refractivity contribution is 0.465. The molecule has 0 amide bonds. The Kier molecular flexibility index (Phi) is 4.82. The van der Waals surface area contributed by atoms with Crippen LogP contribution in [0.5, 0.6) is 0 Å². The molecule has 0 aliphatic rings. The van der Waals surface area contributed by atoms with Crippen molar-refractivity contribution in [2.24, 2.45) is 5.73 Å². The van der Waals surface area contributed by atoms with E-state index in [-0.39, 0.29) is 18.0 Å². The summed E-state index contributed by atoms with van der Waals surface area (Å²) in [7, 11) is -2.09. The van der Waals surface area contributed by atoms with Gasteiger partial charge >= 0.3 is 0 Å². The second-order valence-corrected chi connectivity index (χ2v) is 7.62. The van der Waals surface area contributed by atoms with Crippen LogP contribution in [-0.4, -0.2) is 30.0 Å². The van der Waals surface area contributed by atoms with Gasteiger partial charge < -0.3 is 5.73 Å². The molecule has 0 aliphatic heterocycles. The molecule has 0 unspecified atom stereocenters. The van der Waals surface area contributed by atoms with Crippen molar-refractivity contribution in [2.45, 2.75) is 24.9 Å². The zero-order chi connectivity index (χ0) is 15.6. The third kappa shape index (κ3) is 3.34. The molecule has 1 heterocycles. The van der Waals surface area contributed by atoms with E-state index in [1.807, 2.05) is 24.3 Å². The maximum absolute atomic E-state index is 12.7. The number of aromatic amines is 1. The van der Waals surface area contributed by atoms with Crippen LogP contribution < -0.4 is 5.73 Å². The Morgan fingerprint density at radius 3 is 2.76 bits per heavy atom. The summed E-state index contributed by atoms with van der Waals surface area (Å²) < 4.78 is 27.6. The van der Waals surface area contributed by atoms with Gasteiger partial charge in [-0.2, -0.15) is 9.40 Å². The number of aromatic nitrogens is 2. The molecule has 0 radical (unpaired) electrons. The van der Waals surface area contributed by atoms with Crippen molar-refractivity contribution in [2.75, 3.05) is 7.05 Å². The van der Waals surface area contributed by atoms with Crippen LogP contribution in [0.4, 0.5) is 0 Å². The van der Waals surface area contributed by atoms with Crippen LogP contribution >= 0.6 is 15.9 Å². The summed E-state index contributed by atoms with van der Waals surface area (Å²) in [6.07, 6.45) is 0. The van der Waals surface area contributed by atoms with Gasteiger partial charge in [-0.05, 0) is 24.6 Å². The highest BCUT2D eigenvalue weighted by atomic mass is 79.9. The minimum Gasteiger partial charge on any atom is -0.325 e. The summed E-state index contributed by atoms with van der Waals surface area (Å²) in [6, 6.07) is 7.53. The van der Waals surface area contributed by atoms with Gasteiger partial charge in [-0.1, -0.05) is 28.1 Å². The molecular formula is C13H17BrN4O2S. The molecule has 2 aromatic rings. The molecule has 3 N–H and O–H groups in total. The first kappa shape index (κ1) is 16.2. The Labute approximate surface area is 132 Å². The number of nitrogens with one attached hydrogen (secondary N) is 1. The fourth-order valence-corrected chi connectivity index (χ4v) is 4.02. The minimum absolute atomic E-state index is 0.0730. The molecule has 0 fully saturated rings. The van der Waals surface area contributed by atoms with Gasteiger partial charge in [0.2, 0.25) is 10.0 Å². The molecule has 21 heavy (non-hydrogen) atoms. The SMILES string of the molecule is Cc1[nH]nc(CN)c1S(=O)(=O)N(C)Cc1cccc(Br)c1. The molecular weight excluding hydrogens is 356 g/mol. The third-order valence-corrected chi connectivity index (χ3v) is 5.62. The third-order valence-electron chi connectivity index (χ3n) is 3.12. The van der Waals surface area contributed by atoms with Crippen molar-refractivity contribution in [3.05, 3.63) is 45.7 Å². The van der Waals surface area contributed by atoms with E-state index in [1.165, 1.54) is 4.31 Å².